The Balaban J connectivity index is 0. The molecule has 8 nitrogen and oxygen atoms in total. The molecule has 0 aromatic carbocycles. The van der Waals surface area contributed by atoms with E-state index in [0.29, 0.717) is 0 Å². The molecule has 88 valence electrons. The van der Waals surface area contributed by atoms with Crippen LogP contribution in [0.3, 0.4) is 0 Å². The van der Waals surface area contributed by atoms with Crippen LogP contribution in [0.4, 0.5) is 0 Å². The summed E-state index contributed by atoms with van der Waals surface area (Å²) in [7, 11) is -1.35. The minimum absolute atomic E-state index is 1.49. The maximum Gasteiger partial charge on any atom is 0.678 e. The van der Waals surface area contributed by atoms with Gasteiger partial charge in [-0.25, -0.2) is 0 Å². The van der Waals surface area contributed by atoms with Crippen molar-refractivity contribution < 1.29 is 36.9 Å². The van der Waals surface area contributed by atoms with Crippen molar-refractivity contribution >= 4 is 18.1 Å². The van der Waals surface area contributed by atoms with Crippen molar-refractivity contribution in [1.29, 1.82) is 0 Å². The van der Waals surface area contributed by atoms with E-state index in [1.807, 2.05) is 0 Å². The van der Waals surface area contributed by atoms with Crippen LogP contribution in [0, 0.1) is 0 Å². The molecular weight excluding hydrogens is 232 g/mol. The van der Waals surface area contributed by atoms with E-state index in [-0.39, 0.29) is 0 Å². The van der Waals surface area contributed by atoms with Crippen molar-refractivity contribution in [2.45, 2.75) is 0 Å². The molecule has 14 heavy (non-hydrogen) atoms. The molecule has 10 heteroatoms. The third-order valence-corrected chi connectivity index (χ3v) is 3.00. The van der Waals surface area contributed by atoms with E-state index in [0.717, 1.165) is 0 Å². The average Bonchev–Trinajstić information content (AvgIpc) is 2.07. The van der Waals surface area contributed by atoms with Crippen molar-refractivity contribution in [3.05, 3.63) is 0 Å². The van der Waals surface area contributed by atoms with Gasteiger partial charge in [0, 0.05) is 28.4 Å². The monoisotopic (exact) mass is 248 g/mol. The minimum atomic E-state index is -4.61. The fourth-order valence-electron chi connectivity index (χ4n) is 0.500. The molecule has 0 atom stereocenters. The van der Waals surface area contributed by atoms with E-state index < -0.39 is 18.1 Å². The predicted octanol–water partition coefficient (Wildman–Crippen LogP) is -2.60. The van der Waals surface area contributed by atoms with Gasteiger partial charge in [0.15, 0.2) is 0 Å². The van der Waals surface area contributed by atoms with Gasteiger partial charge in [-0.2, -0.15) is 0 Å². The summed E-state index contributed by atoms with van der Waals surface area (Å²) in [4.78, 5) is 29.3. The van der Waals surface area contributed by atoms with Crippen LogP contribution in [-0.2, 0) is 17.7 Å². The molecule has 0 aliphatic heterocycles. The van der Waals surface area contributed by atoms with Crippen LogP contribution < -0.4 is 0 Å². The van der Waals surface area contributed by atoms with Crippen LogP contribution in [0.15, 0.2) is 0 Å². The highest BCUT2D eigenvalue weighted by Crippen LogP contribution is 2.04. The van der Waals surface area contributed by atoms with Crippen molar-refractivity contribution in [2.75, 3.05) is 28.4 Å². The van der Waals surface area contributed by atoms with E-state index in [1.165, 1.54) is 28.4 Å². The second-order valence-corrected chi connectivity index (χ2v) is 5.75. The highest BCUT2D eigenvalue weighted by molar-refractivity contribution is 6.53. The van der Waals surface area contributed by atoms with E-state index >= 15 is 0 Å². The van der Waals surface area contributed by atoms with E-state index in [2.05, 4.69) is 0 Å². The van der Waals surface area contributed by atoms with Gasteiger partial charge in [-0.15, -0.1) is 0 Å². The minimum Gasteiger partial charge on any atom is -0.368 e. The third kappa shape index (κ3) is 10.2. The van der Waals surface area contributed by atoms with Gasteiger partial charge in [0.1, 0.15) is 0 Å². The quantitative estimate of drug-likeness (QED) is 0.400. The normalized spacial score (nSPS) is 12.0. The molecule has 0 aliphatic carbocycles. The van der Waals surface area contributed by atoms with Gasteiger partial charge in [-0.05, 0) is 0 Å². The Hall–Kier alpha value is 0.114. The van der Waals surface area contributed by atoms with Crippen LogP contribution >= 0.6 is 0 Å². The summed E-state index contributed by atoms with van der Waals surface area (Å²) < 4.78 is 19.4. The topological polar surface area (TPSA) is 118 Å². The lowest BCUT2D eigenvalue weighted by Crippen LogP contribution is -2.45. The van der Waals surface area contributed by atoms with Crippen LogP contribution in [-0.4, -0.2) is 65.7 Å². The van der Waals surface area contributed by atoms with Gasteiger partial charge in [0.25, 0.3) is 0 Å². The molecule has 0 amide bonds. The van der Waals surface area contributed by atoms with E-state index in [1.54, 1.807) is 0 Å². The van der Waals surface area contributed by atoms with Crippen LogP contribution in [0.5, 0.6) is 0 Å². The smallest absolute Gasteiger partial charge is 0.368 e. The first-order valence-corrected chi connectivity index (χ1v) is 6.77. The predicted molar refractivity (Wildman–Crippen MR) is 48.4 cm³/mol. The first kappa shape index (κ1) is 16.5. The molecule has 0 heterocycles. The van der Waals surface area contributed by atoms with Crippen LogP contribution in [0.1, 0.15) is 0 Å². The molecule has 0 saturated carbocycles. The summed E-state index contributed by atoms with van der Waals surface area (Å²) in [6.07, 6.45) is 0. The molecule has 0 bridgehead atoms. The molecule has 0 aliphatic rings. The lowest BCUT2D eigenvalue weighted by molar-refractivity contribution is 0.0226. The maximum atomic E-state index is 7.33. The molecule has 0 aromatic heterocycles. The lowest BCUT2D eigenvalue weighted by Gasteiger charge is -2.19. The average molecular weight is 248 g/mol. The van der Waals surface area contributed by atoms with Crippen LogP contribution in [0.25, 0.3) is 0 Å². The molecule has 0 fully saturated rings. The number of rotatable bonds is 4. The summed E-state index contributed by atoms with van der Waals surface area (Å²) in [5.41, 5.74) is 0. The highest BCUT2D eigenvalue weighted by Gasteiger charge is 2.40. The molecule has 0 radical (unpaired) electrons. The van der Waals surface area contributed by atoms with E-state index in [4.69, 9.17) is 36.9 Å². The molecule has 4 N–H and O–H groups in total. The Morgan fingerprint density at radius 3 is 0.786 bits per heavy atom. The second-order valence-electron chi connectivity index (χ2n) is 1.92. The first-order valence-electron chi connectivity index (χ1n) is 3.34. The van der Waals surface area contributed by atoms with E-state index in [9.17, 15) is 0 Å². The van der Waals surface area contributed by atoms with Gasteiger partial charge < -0.3 is 36.9 Å². The fourth-order valence-corrected chi connectivity index (χ4v) is 1.50. The van der Waals surface area contributed by atoms with Crippen molar-refractivity contribution in [1.82, 2.24) is 0 Å². The zero-order valence-corrected chi connectivity index (χ0v) is 10.4. The second kappa shape index (κ2) is 7.41. The number of hydrogen-bond donors (Lipinski definition) is 4. The van der Waals surface area contributed by atoms with Gasteiger partial charge in [-0.1, -0.05) is 0 Å². The van der Waals surface area contributed by atoms with Gasteiger partial charge in [0.05, 0.1) is 0 Å². The molecule has 0 rings (SSSR count). The summed E-state index contributed by atoms with van der Waals surface area (Å²) in [5, 5.41) is 0. The largest absolute Gasteiger partial charge is 0.678 e. The summed E-state index contributed by atoms with van der Waals surface area (Å²) >= 11 is 0. The SMILES string of the molecule is CO[Si](OC)(OC)OC.O[Si](O)(O)O. The van der Waals surface area contributed by atoms with Crippen molar-refractivity contribution in [3.8, 4) is 0 Å². The van der Waals surface area contributed by atoms with Crippen LogP contribution in [0.2, 0.25) is 0 Å². The fraction of sp³-hybridized carbons (Fsp3) is 1.00. The lowest BCUT2D eigenvalue weighted by atomic mass is 11.8. The number of hydrogen-bond acceptors (Lipinski definition) is 8. The Morgan fingerprint density at radius 2 is 0.786 bits per heavy atom. The summed E-state index contributed by atoms with van der Waals surface area (Å²) in [6.45, 7) is 0. The summed E-state index contributed by atoms with van der Waals surface area (Å²) in [6, 6.07) is 0. The third-order valence-electron chi connectivity index (χ3n) is 1.00. The Morgan fingerprint density at radius 1 is 0.643 bits per heavy atom. The Labute approximate surface area is 84.2 Å². The Kier molecular flexibility index (Phi) is 8.76. The zero-order valence-electron chi connectivity index (χ0n) is 8.42. The first-order chi connectivity index (χ1) is 6.24. The summed E-state index contributed by atoms with van der Waals surface area (Å²) in [5.74, 6) is 0. The van der Waals surface area contributed by atoms with Gasteiger partial charge >= 0.3 is 18.1 Å². The maximum absolute atomic E-state index is 7.33. The Bertz CT molecular complexity index is 108. The van der Waals surface area contributed by atoms with Gasteiger partial charge in [0.2, 0.25) is 0 Å². The van der Waals surface area contributed by atoms with Crippen molar-refractivity contribution in [3.63, 3.8) is 0 Å². The highest BCUT2D eigenvalue weighted by atomic mass is 28.4. The van der Waals surface area contributed by atoms with Crippen molar-refractivity contribution in [2.24, 2.45) is 0 Å². The molecule has 0 spiro atoms. The molecular formula is C4H16O8Si2. The van der Waals surface area contributed by atoms with Gasteiger partial charge in [-0.3, -0.25) is 0 Å². The standard InChI is InChI=1S/C4H12O4Si.H4O4Si/c1-5-9(6-2,7-3)8-4;1-5(2,3)4/h1-4H3;1-4H. The molecule has 0 saturated heterocycles. The molecule has 0 unspecified atom stereocenters. The molecule has 0 aromatic rings. The zero-order chi connectivity index (χ0) is 11.8.